The minimum absolute atomic E-state index is 0.0191. The molecule has 0 aliphatic carbocycles. The van der Waals surface area contributed by atoms with Crippen LogP contribution in [0.3, 0.4) is 0 Å². The molecule has 1 saturated heterocycles. The van der Waals surface area contributed by atoms with Crippen molar-refractivity contribution in [3.8, 4) is 0 Å². The van der Waals surface area contributed by atoms with Crippen LogP contribution >= 0.6 is 11.8 Å². The lowest BCUT2D eigenvalue weighted by molar-refractivity contribution is -0.138. The number of hydrogen-bond acceptors (Lipinski definition) is 5. The van der Waals surface area contributed by atoms with Crippen molar-refractivity contribution in [2.45, 2.75) is 43.8 Å². The molecule has 1 fully saturated rings. The number of carboxylic acid groups (broad SMARTS) is 1. The largest absolute Gasteiger partial charge is 0.481 e. The van der Waals surface area contributed by atoms with Crippen LogP contribution in [-0.4, -0.2) is 40.1 Å². The second-order valence-corrected chi connectivity index (χ2v) is 7.94. The number of piperidine rings is 1. The van der Waals surface area contributed by atoms with E-state index in [9.17, 15) is 9.59 Å². The molecular formula is C20H24N2O4S. The molecule has 0 saturated carbocycles. The number of hydrogen-bond donors (Lipinski definition) is 1. The Morgan fingerprint density at radius 1 is 1.26 bits per heavy atom. The number of amides is 1. The van der Waals surface area contributed by atoms with Crippen LogP contribution in [0.1, 0.15) is 46.6 Å². The van der Waals surface area contributed by atoms with Crippen molar-refractivity contribution >= 4 is 23.6 Å². The summed E-state index contributed by atoms with van der Waals surface area (Å²) in [5.74, 6) is 0.929. The van der Waals surface area contributed by atoms with E-state index >= 15 is 0 Å². The Bertz CT molecular complexity index is 806. The minimum Gasteiger partial charge on any atom is -0.481 e. The van der Waals surface area contributed by atoms with E-state index in [-0.39, 0.29) is 18.2 Å². The molecule has 7 heteroatoms. The van der Waals surface area contributed by atoms with Gasteiger partial charge in [0.15, 0.2) is 0 Å². The number of thioether (sulfide) groups is 1. The highest BCUT2D eigenvalue weighted by atomic mass is 32.2. The van der Waals surface area contributed by atoms with Gasteiger partial charge in [-0.05, 0) is 44.7 Å². The molecule has 6 nitrogen and oxygen atoms in total. The van der Waals surface area contributed by atoms with Crippen molar-refractivity contribution in [1.82, 2.24) is 10.1 Å². The van der Waals surface area contributed by atoms with Gasteiger partial charge in [-0.15, -0.1) is 11.8 Å². The standard InChI is InChI=1S/C20H24N2O4S/c1-13-17(14(2)26-21-13)12-27-18-6-4-3-5-16(18)20(25)22-9-7-15(8-10-22)11-19(23)24/h3-6,15H,7-12H2,1-2H3,(H,23,24). The highest BCUT2D eigenvalue weighted by Crippen LogP contribution is 2.30. The molecule has 0 radical (unpaired) electrons. The average Bonchev–Trinajstić information content (AvgIpc) is 2.98. The maximum atomic E-state index is 13.0. The normalized spacial score (nSPS) is 15.1. The second-order valence-electron chi connectivity index (χ2n) is 6.92. The maximum absolute atomic E-state index is 13.0. The zero-order valence-corrected chi connectivity index (χ0v) is 16.4. The SMILES string of the molecule is Cc1noc(C)c1CSc1ccccc1C(=O)N1CCC(CC(=O)O)CC1. The van der Waals surface area contributed by atoms with Crippen LogP contribution in [0.5, 0.6) is 0 Å². The number of carboxylic acids is 1. The van der Waals surface area contributed by atoms with Crippen molar-refractivity contribution in [3.63, 3.8) is 0 Å². The highest BCUT2D eigenvalue weighted by Gasteiger charge is 2.26. The van der Waals surface area contributed by atoms with Gasteiger partial charge in [0.25, 0.3) is 5.91 Å². The van der Waals surface area contributed by atoms with E-state index in [1.807, 2.05) is 43.0 Å². The van der Waals surface area contributed by atoms with Crippen LogP contribution in [0.4, 0.5) is 0 Å². The molecule has 144 valence electrons. The molecule has 1 aromatic carbocycles. The third kappa shape index (κ3) is 4.71. The molecule has 1 N–H and O–H groups in total. The summed E-state index contributed by atoms with van der Waals surface area (Å²) in [4.78, 5) is 26.7. The zero-order chi connectivity index (χ0) is 19.4. The van der Waals surface area contributed by atoms with Crippen LogP contribution in [0.2, 0.25) is 0 Å². The smallest absolute Gasteiger partial charge is 0.303 e. The molecule has 27 heavy (non-hydrogen) atoms. The summed E-state index contributed by atoms with van der Waals surface area (Å²) in [6, 6.07) is 7.64. The number of aryl methyl sites for hydroxylation is 2. The fourth-order valence-corrected chi connectivity index (χ4v) is 4.58. The Hall–Kier alpha value is -2.28. The lowest BCUT2D eigenvalue weighted by Gasteiger charge is -2.31. The molecule has 0 bridgehead atoms. The predicted octanol–water partition coefficient (Wildman–Crippen LogP) is 3.91. The first-order valence-electron chi connectivity index (χ1n) is 9.10. The molecule has 0 spiro atoms. The van der Waals surface area contributed by atoms with Gasteiger partial charge in [0.2, 0.25) is 0 Å². The molecule has 3 rings (SSSR count). The molecule has 1 amide bonds. The summed E-state index contributed by atoms with van der Waals surface area (Å²) in [5.41, 5.74) is 2.65. The number of aliphatic carboxylic acids is 1. The number of carbonyl (C=O) groups is 2. The maximum Gasteiger partial charge on any atom is 0.303 e. The fraction of sp³-hybridized carbons (Fsp3) is 0.450. The fourth-order valence-electron chi connectivity index (χ4n) is 3.38. The van der Waals surface area contributed by atoms with E-state index in [0.717, 1.165) is 34.8 Å². The van der Waals surface area contributed by atoms with Crippen molar-refractivity contribution in [2.75, 3.05) is 13.1 Å². The summed E-state index contributed by atoms with van der Waals surface area (Å²) in [5, 5.41) is 12.9. The van der Waals surface area contributed by atoms with Gasteiger partial charge in [-0.2, -0.15) is 0 Å². The van der Waals surface area contributed by atoms with Crippen LogP contribution < -0.4 is 0 Å². The van der Waals surface area contributed by atoms with E-state index < -0.39 is 5.97 Å². The Balaban J connectivity index is 1.67. The number of rotatable bonds is 6. The quantitative estimate of drug-likeness (QED) is 0.756. The van der Waals surface area contributed by atoms with E-state index in [1.54, 1.807) is 11.8 Å². The molecule has 2 aromatic rings. The molecular weight excluding hydrogens is 364 g/mol. The lowest BCUT2D eigenvalue weighted by Crippen LogP contribution is -2.39. The summed E-state index contributed by atoms with van der Waals surface area (Å²) in [7, 11) is 0. The van der Waals surface area contributed by atoms with Gasteiger partial charge in [-0.25, -0.2) is 0 Å². The Kier molecular flexibility index (Phi) is 6.21. The predicted molar refractivity (Wildman–Crippen MR) is 103 cm³/mol. The van der Waals surface area contributed by atoms with E-state index in [2.05, 4.69) is 5.16 Å². The van der Waals surface area contributed by atoms with Gasteiger partial charge in [-0.3, -0.25) is 9.59 Å². The van der Waals surface area contributed by atoms with Crippen LogP contribution in [0, 0.1) is 19.8 Å². The number of benzene rings is 1. The monoisotopic (exact) mass is 388 g/mol. The second kappa shape index (κ2) is 8.61. The molecule has 1 aliphatic heterocycles. The first-order chi connectivity index (χ1) is 13.0. The number of likely N-dealkylation sites (tertiary alicyclic amines) is 1. The van der Waals surface area contributed by atoms with Crippen molar-refractivity contribution in [2.24, 2.45) is 5.92 Å². The minimum atomic E-state index is -0.763. The van der Waals surface area contributed by atoms with Gasteiger partial charge >= 0.3 is 5.97 Å². The number of aromatic nitrogens is 1. The topological polar surface area (TPSA) is 83.6 Å². The molecule has 1 aliphatic rings. The van der Waals surface area contributed by atoms with Gasteiger partial charge in [0.1, 0.15) is 5.76 Å². The van der Waals surface area contributed by atoms with E-state index in [1.165, 1.54) is 0 Å². The Labute approximate surface area is 162 Å². The molecule has 0 unspecified atom stereocenters. The summed E-state index contributed by atoms with van der Waals surface area (Å²) < 4.78 is 5.21. The average molecular weight is 388 g/mol. The highest BCUT2D eigenvalue weighted by molar-refractivity contribution is 7.98. The van der Waals surface area contributed by atoms with E-state index in [0.29, 0.717) is 24.4 Å². The van der Waals surface area contributed by atoms with Gasteiger partial charge < -0.3 is 14.5 Å². The van der Waals surface area contributed by atoms with Crippen molar-refractivity contribution in [3.05, 3.63) is 46.8 Å². The van der Waals surface area contributed by atoms with Gasteiger partial charge in [0, 0.05) is 35.7 Å². The summed E-state index contributed by atoms with van der Waals surface area (Å²) >= 11 is 1.61. The summed E-state index contributed by atoms with van der Waals surface area (Å²) in [6.45, 7) is 5.04. The first-order valence-corrected chi connectivity index (χ1v) is 10.1. The van der Waals surface area contributed by atoms with Crippen molar-refractivity contribution in [1.29, 1.82) is 0 Å². The van der Waals surface area contributed by atoms with Gasteiger partial charge in [-0.1, -0.05) is 17.3 Å². The van der Waals surface area contributed by atoms with Crippen LogP contribution in [-0.2, 0) is 10.5 Å². The first kappa shape index (κ1) is 19.5. The molecule has 1 aromatic heterocycles. The molecule has 0 atom stereocenters. The van der Waals surface area contributed by atoms with Crippen molar-refractivity contribution < 1.29 is 19.2 Å². The zero-order valence-electron chi connectivity index (χ0n) is 15.6. The lowest BCUT2D eigenvalue weighted by atomic mass is 9.93. The third-order valence-corrected chi connectivity index (χ3v) is 6.14. The molecule has 2 heterocycles. The summed E-state index contributed by atoms with van der Waals surface area (Å²) in [6.07, 6.45) is 1.67. The van der Waals surface area contributed by atoms with Gasteiger partial charge in [0.05, 0.1) is 11.3 Å². The number of nitrogens with zero attached hydrogens (tertiary/aromatic N) is 2. The third-order valence-electron chi connectivity index (χ3n) is 5.04. The van der Waals surface area contributed by atoms with Crippen LogP contribution in [0.15, 0.2) is 33.7 Å². The van der Waals surface area contributed by atoms with E-state index in [4.69, 9.17) is 9.63 Å². The Morgan fingerprint density at radius 2 is 1.96 bits per heavy atom. The van der Waals surface area contributed by atoms with Crippen LogP contribution in [0.25, 0.3) is 0 Å². The Morgan fingerprint density at radius 3 is 2.59 bits per heavy atom. The number of carbonyl (C=O) groups excluding carboxylic acids is 1.